The van der Waals surface area contributed by atoms with Crippen molar-refractivity contribution in [2.75, 3.05) is 26.1 Å². The van der Waals surface area contributed by atoms with Crippen molar-refractivity contribution >= 4 is 17.7 Å². The van der Waals surface area contributed by atoms with Crippen LogP contribution < -0.4 is 19.5 Å². The maximum absolute atomic E-state index is 12.1. The highest BCUT2D eigenvalue weighted by atomic mass is 16.5. The van der Waals surface area contributed by atoms with Gasteiger partial charge in [-0.2, -0.15) is 0 Å². The molecule has 0 spiro atoms. The molecule has 2 aromatic rings. The van der Waals surface area contributed by atoms with Gasteiger partial charge >= 0.3 is 0 Å². The van der Waals surface area contributed by atoms with E-state index in [0.29, 0.717) is 23.8 Å². The van der Waals surface area contributed by atoms with Gasteiger partial charge in [-0.3, -0.25) is 4.79 Å². The van der Waals surface area contributed by atoms with Gasteiger partial charge in [0.05, 0.1) is 20.8 Å². The molecule has 0 saturated heterocycles. The number of methoxy groups -OCH3 is 2. The maximum Gasteiger partial charge on any atom is 0.248 e. The number of carbonyl (C=O) groups excluding carboxylic acids is 1. The van der Waals surface area contributed by atoms with E-state index in [1.54, 1.807) is 26.4 Å². The number of hydrogen-bond donors (Lipinski definition) is 1. The van der Waals surface area contributed by atoms with Gasteiger partial charge in [0.2, 0.25) is 5.91 Å². The van der Waals surface area contributed by atoms with Gasteiger partial charge in [0.15, 0.2) is 11.5 Å². The van der Waals surface area contributed by atoms with Crippen LogP contribution in [0.2, 0.25) is 0 Å². The molecule has 1 N–H and O–H groups in total. The molecule has 1 amide bonds. The molecule has 0 heterocycles. The van der Waals surface area contributed by atoms with Crippen molar-refractivity contribution in [2.45, 2.75) is 19.8 Å². The molecule has 26 heavy (non-hydrogen) atoms. The largest absolute Gasteiger partial charge is 0.494 e. The van der Waals surface area contributed by atoms with Gasteiger partial charge in [-0.1, -0.05) is 25.5 Å². The number of hydrogen-bond acceptors (Lipinski definition) is 4. The van der Waals surface area contributed by atoms with Crippen molar-refractivity contribution in [2.24, 2.45) is 0 Å². The van der Waals surface area contributed by atoms with E-state index in [-0.39, 0.29) is 5.91 Å². The van der Waals surface area contributed by atoms with Crippen LogP contribution in [0.3, 0.4) is 0 Å². The summed E-state index contributed by atoms with van der Waals surface area (Å²) < 4.78 is 16.1. The van der Waals surface area contributed by atoms with Crippen LogP contribution in [-0.4, -0.2) is 26.7 Å². The van der Waals surface area contributed by atoms with E-state index >= 15 is 0 Å². The molecule has 0 unspecified atom stereocenters. The number of anilines is 1. The van der Waals surface area contributed by atoms with Crippen LogP contribution in [-0.2, 0) is 4.79 Å². The van der Waals surface area contributed by atoms with Crippen molar-refractivity contribution in [3.63, 3.8) is 0 Å². The molecule has 2 rings (SSSR count). The van der Waals surface area contributed by atoms with Gasteiger partial charge in [0.1, 0.15) is 5.75 Å². The van der Waals surface area contributed by atoms with Crippen LogP contribution in [0.15, 0.2) is 48.5 Å². The molecule has 0 saturated carbocycles. The fraction of sp³-hybridized carbons (Fsp3) is 0.286. The predicted octanol–water partition coefficient (Wildman–Crippen LogP) is 4.53. The van der Waals surface area contributed by atoms with Crippen molar-refractivity contribution in [3.05, 3.63) is 54.1 Å². The van der Waals surface area contributed by atoms with Crippen molar-refractivity contribution in [3.8, 4) is 17.2 Å². The summed E-state index contributed by atoms with van der Waals surface area (Å²) in [6.07, 6.45) is 5.28. The zero-order chi connectivity index (χ0) is 18.8. The average molecular weight is 355 g/mol. The summed E-state index contributed by atoms with van der Waals surface area (Å²) in [5.74, 6) is 1.80. The number of ether oxygens (including phenoxy) is 3. The zero-order valence-electron chi connectivity index (χ0n) is 15.5. The summed E-state index contributed by atoms with van der Waals surface area (Å²) in [4.78, 5) is 12.1. The minimum absolute atomic E-state index is 0.217. The highest BCUT2D eigenvalue weighted by molar-refractivity contribution is 6.02. The Bertz CT molecular complexity index is 755. The molecule has 0 aromatic heterocycles. The molecule has 5 nitrogen and oxygen atoms in total. The lowest BCUT2D eigenvalue weighted by Gasteiger charge is -2.08. The Balaban J connectivity index is 1.98. The third-order valence-electron chi connectivity index (χ3n) is 3.70. The van der Waals surface area contributed by atoms with Crippen LogP contribution >= 0.6 is 0 Å². The maximum atomic E-state index is 12.1. The Morgan fingerprint density at radius 1 is 1.08 bits per heavy atom. The third-order valence-corrected chi connectivity index (χ3v) is 3.70. The fourth-order valence-corrected chi connectivity index (χ4v) is 2.31. The van der Waals surface area contributed by atoms with Gasteiger partial charge in [-0.15, -0.1) is 0 Å². The van der Waals surface area contributed by atoms with Crippen LogP contribution in [0.4, 0.5) is 5.69 Å². The normalized spacial score (nSPS) is 10.6. The van der Waals surface area contributed by atoms with Gasteiger partial charge in [0, 0.05) is 17.8 Å². The molecule has 0 radical (unpaired) electrons. The lowest BCUT2D eigenvalue weighted by atomic mass is 10.2. The number of nitrogens with one attached hydrogen (secondary N) is 1. The summed E-state index contributed by atoms with van der Waals surface area (Å²) in [6, 6.07) is 12.8. The van der Waals surface area contributed by atoms with Crippen molar-refractivity contribution < 1.29 is 19.0 Å². The Hall–Kier alpha value is -2.95. The average Bonchev–Trinajstić information content (AvgIpc) is 2.66. The summed E-state index contributed by atoms with van der Waals surface area (Å²) in [6.45, 7) is 2.79. The molecule has 0 aliphatic rings. The van der Waals surface area contributed by atoms with E-state index in [0.717, 1.165) is 24.2 Å². The van der Waals surface area contributed by atoms with Gasteiger partial charge in [0.25, 0.3) is 0 Å². The van der Waals surface area contributed by atoms with Gasteiger partial charge in [-0.05, 0) is 42.3 Å². The Morgan fingerprint density at radius 2 is 1.88 bits per heavy atom. The number of carbonyl (C=O) groups is 1. The first-order valence-corrected chi connectivity index (χ1v) is 8.60. The van der Waals surface area contributed by atoms with E-state index in [9.17, 15) is 4.79 Å². The molecular formula is C21H25NO4. The van der Waals surface area contributed by atoms with Crippen molar-refractivity contribution in [1.82, 2.24) is 0 Å². The van der Waals surface area contributed by atoms with Crippen LogP contribution in [0.5, 0.6) is 17.2 Å². The third kappa shape index (κ3) is 5.84. The first-order chi connectivity index (χ1) is 12.7. The lowest BCUT2D eigenvalue weighted by molar-refractivity contribution is -0.111. The summed E-state index contributed by atoms with van der Waals surface area (Å²) in [7, 11) is 3.16. The summed E-state index contributed by atoms with van der Waals surface area (Å²) in [5.41, 5.74) is 1.54. The second-order valence-corrected chi connectivity index (χ2v) is 5.67. The fourth-order valence-electron chi connectivity index (χ4n) is 2.31. The number of amides is 1. The standard InChI is InChI=1S/C21H25NO4/c1-4-5-13-26-18-8-6-7-17(15-18)22-21(23)12-10-16-9-11-19(24-2)20(14-16)25-3/h6-12,14-15H,4-5,13H2,1-3H3,(H,22,23)/b12-10+. The Kier molecular flexibility index (Phi) is 7.55. The van der Waals surface area contributed by atoms with Crippen LogP contribution in [0, 0.1) is 0 Å². The molecule has 0 fully saturated rings. The second-order valence-electron chi connectivity index (χ2n) is 5.67. The lowest BCUT2D eigenvalue weighted by Crippen LogP contribution is -2.08. The number of unbranched alkanes of at least 4 members (excludes halogenated alkanes) is 1. The van der Waals surface area contributed by atoms with E-state index < -0.39 is 0 Å². The Labute approximate surface area is 154 Å². The minimum Gasteiger partial charge on any atom is -0.494 e. The molecule has 2 aromatic carbocycles. The predicted molar refractivity (Wildman–Crippen MR) is 104 cm³/mol. The minimum atomic E-state index is -0.217. The molecule has 0 atom stereocenters. The van der Waals surface area contributed by atoms with Gasteiger partial charge < -0.3 is 19.5 Å². The molecule has 0 aliphatic heterocycles. The smallest absolute Gasteiger partial charge is 0.248 e. The molecule has 138 valence electrons. The molecule has 0 aliphatic carbocycles. The first-order valence-electron chi connectivity index (χ1n) is 8.60. The number of rotatable bonds is 9. The van der Waals surface area contributed by atoms with E-state index in [4.69, 9.17) is 14.2 Å². The quantitative estimate of drug-likeness (QED) is 0.530. The summed E-state index contributed by atoms with van der Waals surface area (Å²) >= 11 is 0. The van der Waals surface area contributed by atoms with E-state index in [1.807, 2.05) is 36.4 Å². The van der Waals surface area contributed by atoms with E-state index in [2.05, 4.69) is 12.2 Å². The van der Waals surface area contributed by atoms with Gasteiger partial charge in [-0.25, -0.2) is 0 Å². The molecule has 5 heteroatoms. The molecular weight excluding hydrogens is 330 g/mol. The topological polar surface area (TPSA) is 56.8 Å². The van der Waals surface area contributed by atoms with Crippen LogP contribution in [0.1, 0.15) is 25.3 Å². The second kappa shape index (κ2) is 10.1. The Morgan fingerprint density at radius 3 is 2.62 bits per heavy atom. The SMILES string of the molecule is CCCCOc1cccc(NC(=O)/C=C/c2ccc(OC)c(OC)c2)c1. The van der Waals surface area contributed by atoms with Crippen LogP contribution in [0.25, 0.3) is 6.08 Å². The summed E-state index contributed by atoms with van der Waals surface area (Å²) in [5, 5.41) is 2.83. The first kappa shape index (κ1) is 19.4. The monoisotopic (exact) mass is 355 g/mol. The zero-order valence-corrected chi connectivity index (χ0v) is 15.5. The highest BCUT2D eigenvalue weighted by Gasteiger charge is 2.04. The molecule has 0 bridgehead atoms. The number of benzene rings is 2. The highest BCUT2D eigenvalue weighted by Crippen LogP contribution is 2.28. The van der Waals surface area contributed by atoms with Crippen molar-refractivity contribution in [1.29, 1.82) is 0 Å². The van der Waals surface area contributed by atoms with E-state index in [1.165, 1.54) is 6.08 Å².